The molecule has 0 unspecified atom stereocenters. The summed E-state index contributed by atoms with van der Waals surface area (Å²) < 4.78 is 6.49. The minimum Gasteiger partial charge on any atom is -0.452 e. The highest BCUT2D eigenvalue weighted by molar-refractivity contribution is 6.99. The minimum atomic E-state index is -2.00. The molecule has 0 N–H and O–H groups in total. The molecule has 0 heterocycles. The fourth-order valence-corrected chi connectivity index (χ4v) is 9.14. The van der Waals surface area contributed by atoms with Crippen LogP contribution in [0.3, 0.4) is 0 Å². The van der Waals surface area contributed by atoms with Gasteiger partial charge in [0.15, 0.2) is 9.04 Å². The van der Waals surface area contributed by atoms with Crippen LogP contribution in [0.4, 0.5) is 0 Å². The summed E-state index contributed by atoms with van der Waals surface area (Å²) in [6.45, 7) is 14.8. The van der Waals surface area contributed by atoms with Crippen LogP contribution < -0.4 is 10.4 Å². The summed E-state index contributed by atoms with van der Waals surface area (Å²) in [4.78, 5) is 0. The van der Waals surface area contributed by atoms with E-state index in [-0.39, 0.29) is 0 Å². The van der Waals surface area contributed by atoms with Gasteiger partial charge >= 0.3 is 0 Å². The van der Waals surface area contributed by atoms with Gasteiger partial charge in [0.1, 0.15) is 0 Å². The van der Waals surface area contributed by atoms with Crippen LogP contribution in [0.25, 0.3) is 0 Å². The van der Waals surface area contributed by atoms with E-state index in [1.54, 1.807) is 0 Å². The fourth-order valence-electron chi connectivity index (χ4n) is 2.29. The molecule has 0 saturated heterocycles. The van der Waals surface area contributed by atoms with Crippen LogP contribution >= 0.6 is 0 Å². The molecule has 122 valence electrons. The van der Waals surface area contributed by atoms with Crippen molar-refractivity contribution in [2.45, 2.75) is 47.3 Å². The lowest BCUT2D eigenvalue weighted by atomic mass is 10.4. The third-order valence-corrected chi connectivity index (χ3v) is 9.76. The van der Waals surface area contributed by atoms with Gasteiger partial charge in [-0.25, -0.2) is 0 Å². The summed E-state index contributed by atoms with van der Waals surface area (Å²) in [5.41, 5.74) is 0. The maximum atomic E-state index is 6.49. The Morgan fingerprint density at radius 3 is 1.27 bits per heavy atom. The molecule has 3 heteroatoms. The van der Waals surface area contributed by atoms with Crippen molar-refractivity contribution in [3.63, 3.8) is 0 Å². The molecular weight excluding hydrogens is 300 g/mol. The van der Waals surface area contributed by atoms with E-state index in [9.17, 15) is 0 Å². The van der Waals surface area contributed by atoms with Crippen LogP contribution in [-0.4, -0.2) is 17.4 Å². The summed E-state index contributed by atoms with van der Waals surface area (Å²) in [6, 6.07) is 21.4. The van der Waals surface area contributed by atoms with E-state index in [1.807, 2.05) is 27.7 Å². The molecule has 1 nitrogen and oxygen atoms in total. The Kier molecular flexibility index (Phi) is 10.8. The number of hydrogen-bond acceptors (Lipinski definition) is 1. The molecule has 22 heavy (non-hydrogen) atoms. The maximum Gasteiger partial charge on any atom is 0.241 e. The van der Waals surface area contributed by atoms with Gasteiger partial charge in [-0.1, -0.05) is 88.4 Å². The summed E-state index contributed by atoms with van der Waals surface area (Å²) >= 11 is 0. The second-order valence-electron chi connectivity index (χ2n) is 4.93. The first-order chi connectivity index (χ1) is 10.6. The summed E-state index contributed by atoms with van der Waals surface area (Å²) in [7, 11) is -3.08. The number of rotatable bonds is 4. The average Bonchev–Trinajstić information content (AvgIpc) is 2.59. The Bertz CT molecular complexity index is 444. The van der Waals surface area contributed by atoms with Crippen molar-refractivity contribution in [1.82, 2.24) is 0 Å². The average molecular weight is 333 g/mol. The molecule has 0 saturated carbocycles. The summed E-state index contributed by atoms with van der Waals surface area (Å²) in [5, 5.41) is 2.72. The van der Waals surface area contributed by atoms with Crippen LogP contribution in [0.1, 0.15) is 27.7 Å². The molecule has 0 bridgehead atoms. The van der Waals surface area contributed by atoms with Crippen molar-refractivity contribution in [2.24, 2.45) is 0 Å². The zero-order chi connectivity index (χ0) is 17.0. The van der Waals surface area contributed by atoms with E-state index >= 15 is 0 Å². The smallest absolute Gasteiger partial charge is 0.241 e. The Hall–Kier alpha value is -1.17. The lowest BCUT2D eigenvalue weighted by Crippen LogP contribution is -2.60. The quantitative estimate of drug-likeness (QED) is 0.753. The molecule has 2 rings (SSSR count). The van der Waals surface area contributed by atoms with Gasteiger partial charge in [-0.05, 0) is 30.0 Å². The molecular formula is C19H32OSi2. The van der Waals surface area contributed by atoms with Crippen molar-refractivity contribution in [3.05, 3.63) is 60.7 Å². The Balaban J connectivity index is 0.00000102. The Morgan fingerprint density at radius 2 is 1.00 bits per heavy atom. The molecule has 0 aliphatic heterocycles. The molecule has 2 aromatic carbocycles. The predicted molar refractivity (Wildman–Crippen MR) is 106 cm³/mol. The first-order valence-electron chi connectivity index (χ1n) is 8.42. The molecule has 0 aromatic heterocycles. The highest BCUT2D eigenvalue weighted by atomic mass is 28.4. The molecule has 0 atom stereocenters. The molecule has 0 fully saturated rings. The first-order valence-corrected chi connectivity index (χ1v) is 13.6. The second-order valence-corrected chi connectivity index (χ2v) is 11.2. The van der Waals surface area contributed by atoms with Gasteiger partial charge in [0.05, 0.1) is 0 Å². The fraction of sp³-hybridized carbons (Fsp3) is 0.368. The first kappa shape index (κ1) is 20.8. The van der Waals surface area contributed by atoms with E-state index in [0.29, 0.717) is 0 Å². The molecule has 0 radical (unpaired) electrons. The number of hydrogen-bond donors (Lipinski definition) is 0. The zero-order valence-electron chi connectivity index (χ0n) is 15.3. The molecule has 2 aromatic rings. The van der Waals surface area contributed by atoms with E-state index < -0.39 is 17.4 Å². The lowest BCUT2D eigenvalue weighted by molar-refractivity contribution is 0.597. The molecule has 0 spiro atoms. The van der Waals surface area contributed by atoms with Crippen LogP contribution in [0.5, 0.6) is 0 Å². The second kappa shape index (κ2) is 11.4. The molecule has 0 aliphatic rings. The zero-order valence-corrected chi connectivity index (χ0v) is 17.4. The van der Waals surface area contributed by atoms with Gasteiger partial charge in [0, 0.05) is 0 Å². The third kappa shape index (κ3) is 5.91. The Labute approximate surface area is 140 Å². The van der Waals surface area contributed by atoms with Crippen LogP contribution in [0.15, 0.2) is 60.7 Å². The van der Waals surface area contributed by atoms with Gasteiger partial charge in [-0.3, -0.25) is 0 Å². The van der Waals surface area contributed by atoms with E-state index in [0.717, 1.165) is 0 Å². The van der Waals surface area contributed by atoms with Gasteiger partial charge in [-0.15, -0.1) is 0 Å². The summed E-state index contributed by atoms with van der Waals surface area (Å²) in [6.07, 6.45) is 0. The third-order valence-electron chi connectivity index (χ3n) is 3.12. The largest absolute Gasteiger partial charge is 0.452 e. The predicted octanol–water partition coefficient (Wildman–Crippen LogP) is 4.43. The number of benzene rings is 2. The van der Waals surface area contributed by atoms with Gasteiger partial charge in [0.25, 0.3) is 0 Å². The highest BCUT2D eigenvalue weighted by Gasteiger charge is 2.34. The van der Waals surface area contributed by atoms with Crippen LogP contribution in [0, 0.1) is 0 Å². The van der Waals surface area contributed by atoms with Crippen molar-refractivity contribution in [2.75, 3.05) is 0 Å². The lowest BCUT2D eigenvalue weighted by Gasteiger charge is -2.30. The highest BCUT2D eigenvalue weighted by Crippen LogP contribution is 2.09. The van der Waals surface area contributed by atoms with Gasteiger partial charge < -0.3 is 4.12 Å². The van der Waals surface area contributed by atoms with E-state index in [1.165, 1.54) is 10.4 Å². The SMILES string of the molecule is CC.CC.C[SiH](C)O[Si](C)(c1ccccc1)c1ccccc1. The normalized spacial score (nSPS) is 10.2. The monoisotopic (exact) mass is 332 g/mol. The molecule has 0 aliphatic carbocycles. The standard InChI is InChI=1S/C15H20OSi2.2C2H6/c1-17(2)16-18(3,14-10-6-4-7-11-14)15-12-8-5-9-13-15;2*1-2/h4-13,17H,1-3H3;2*1-2H3. The van der Waals surface area contributed by atoms with Crippen molar-refractivity contribution >= 4 is 27.7 Å². The van der Waals surface area contributed by atoms with Crippen LogP contribution in [0.2, 0.25) is 19.6 Å². The van der Waals surface area contributed by atoms with Gasteiger partial charge in [-0.2, -0.15) is 0 Å². The summed E-state index contributed by atoms with van der Waals surface area (Å²) in [5.74, 6) is 0. The van der Waals surface area contributed by atoms with Crippen molar-refractivity contribution < 1.29 is 4.12 Å². The maximum absolute atomic E-state index is 6.49. The minimum absolute atomic E-state index is 1.07. The molecule has 0 amide bonds. The van der Waals surface area contributed by atoms with Gasteiger partial charge in [0.2, 0.25) is 8.32 Å². The van der Waals surface area contributed by atoms with E-state index in [4.69, 9.17) is 4.12 Å². The van der Waals surface area contributed by atoms with E-state index in [2.05, 4.69) is 80.3 Å². The van der Waals surface area contributed by atoms with Crippen LogP contribution in [-0.2, 0) is 4.12 Å². The Morgan fingerprint density at radius 1 is 0.682 bits per heavy atom. The topological polar surface area (TPSA) is 9.23 Å². The van der Waals surface area contributed by atoms with Crippen molar-refractivity contribution in [3.8, 4) is 0 Å². The van der Waals surface area contributed by atoms with Crippen molar-refractivity contribution in [1.29, 1.82) is 0 Å².